The lowest BCUT2D eigenvalue weighted by Crippen LogP contribution is -1.87. The summed E-state index contributed by atoms with van der Waals surface area (Å²) in [6.07, 6.45) is 3.65. The van der Waals surface area contributed by atoms with E-state index in [0.29, 0.717) is 0 Å². The average Bonchev–Trinajstić information content (AvgIpc) is 2.68. The highest BCUT2D eigenvalue weighted by Crippen LogP contribution is 2.30. The minimum atomic E-state index is 0.834. The highest BCUT2D eigenvalue weighted by atomic mass is 32.1. The average molecular weight is 358 g/mol. The van der Waals surface area contributed by atoms with Gasteiger partial charge in [-0.05, 0) is 77.5 Å². The summed E-state index contributed by atoms with van der Waals surface area (Å²) in [7, 11) is 0. The lowest BCUT2D eigenvalue weighted by molar-refractivity contribution is 0.795. The van der Waals surface area contributed by atoms with Crippen LogP contribution >= 0.6 is 12.2 Å². The van der Waals surface area contributed by atoms with Crippen LogP contribution in [-0.2, 0) is 6.42 Å². The number of hydrogen-bond acceptors (Lipinski definition) is 2. The predicted octanol–water partition coefficient (Wildman–Crippen LogP) is 7.41. The molecule has 0 radical (unpaired) electrons. The zero-order valence-electron chi connectivity index (χ0n) is 15.3. The Morgan fingerprint density at radius 1 is 0.846 bits per heavy atom. The van der Waals surface area contributed by atoms with E-state index in [4.69, 9.17) is 0 Å². The normalized spacial score (nSPS) is 10.4. The van der Waals surface area contributed by atoms with Crippen LogP contribution in [0.2, 0.25) is 0 Å². The summed E-state index contributed by atoms with van der Waals surface area (Å²) in [6, 6.07) is 23.7. The van der Waals surface area contributed by atoms with Gasteiger partial charge in [0.05, 0.1) is 10.8 Å². The van der Waals surface area contributed by atoms with Crippen molar-refractivity contribution in [1.29, 1.82) is 0 Å². The Hall–Kier alpha value is -2.54. The number of isothiocyanates is 1. The van der Waals surface area contributed by atoms with Crippen LogP contribution in [0.25, 0.3) is 22.3 Å². The van der Waals surface area contributed by atoms with Crippen LogP contribution in [0.15, 0.2) is 71.7 Å². The van der Waals surface area contributed by atoms with E-state index >= 15 is 0 Å². The molecule has 1 nitrogen and oxygen atoms in total. The van der Waals surface area contributed by atoms with Crippen molar-refractivity contribution in [2.75, 3.05) is 0 Å². The van der Waals surface area contributed by atoms with Crippen molar-refractivity contribution in [2.24, 2.45) is 4.99 Å². The third-order valence-electron chi connectivity index (χ3n) is 4.69. The highest BCUT2D eigenvalue weighted by molar-refractivity contribution is 7.78. The highest BCUT2D eigenvalue weighted by Gasteiger charge is 2.05. The van der Waals surface area contributed by atoms with Crippen molar-refractivity contribution < 1.29 is 0 Å². The monoisotopic (exact) mass is 357 g/mol. The number of aryl methyl sites for hydroxylation is 2. The maximum Gasteiger partial charge on any atom is 0.0739 e. The second-order valence-corrected chi connectivity index (χ2v) is 6.76. The van der Waals surface area contributed by atoms with Crippen molar-refractivity contribution in [3.05, 3.63) is 77.9 Å². The molecule has 0 saturated heterocycles. The molecule has 0 amide bonds. The van der Waals surface area contributed by atoms with E-state index < -0.39 is 0 Å². The number of benzene rings is 3. The van der Waals surface area contributed by atoms with Crippen LogP contribution in [0, 0.1) is 6.92 Å². The number of hydrogen-bond donors (Lipinski definition) is 0. The molecule has 0 aromatic heterocycles. The molecule has 3 aromatic rings. The third kappa shape index (κ3) is 4.35. The van der Waals surface area contributed by atoms with E-state index in [2.05, 4.69) is 90.8 Å². The molecule has 0 unspecified atom stereocenters. The molecule has 0 spiro atoms. The second-order valence-electron chi connectivity index (χ2n) is 6.58. The summed E-state index contributed by atoms with van der Waals surface area (Å²) in [5, 5.41) is 2.40. The fourth-order valence-electron chi connectivity index (χ4n) is 3.18. The summed E-state index contributed by atoms with van der Waals surface area (Å²) in [5.74, 6) is 0. The van der Waals surface area contributed by atoms with Gasteiger partial charge in [-0.2, -0.15) is 4.99 Å². The molecule has 0 aliphatic rings. The molecule has 0 aliphatic heterocycles. The zero-order chi connectivity index (χ0) is 18.4. The van der Waals surface area contributed by atoms with Crippen LogP contribution < -0.4 is 0 Å². The Kier molecular flexibility index (Phi) is 6.12. The van der Waals surface area contributed by atoms with E-state index in [1.54, 1.807) is 0 Å². The molecule has 3 rings (SSSR count). The fraction of sp³-hybridized carbons (Fsp3) is 0.208. The quantitative estimate of drug-likeness (QED) is 0.330. The van der Waals surface area contributed by atoms with Gasteiger partial charge in [-0.1, -0.05) is 67.9 Å². The summed E-state index contributed by atoms with van der Waals surface area (Å²) in [4.78, 5) is 4.01. The molecule has 0 bridgehead atoms. The molecule has 3 aromatic carbocycles. The summed E-state index contributed by atoms with van der Waals surface area (Å²) < 4.78 is 0. The van der Waals surface area contributed by atoms with Crippen molar-refractivity contribution in [1.82, 2.24) is 0 Å². The van der Waals surface area contributed by atoms with Crippen molar-refractivity contribution in [2.45, 2.75) is 33.1 Å². The summed E-state index contributed by atoms with van der Waals surface area (Å²) in [5.41, 5.74) is 8.48. The molecule has 2 heteroatoms. The van der Waals surface area contributed by atoms with Crippen LogP contribution in [0.1, 0.15) is 30.9 Å². The molecule has 0 N–H and O–H groups in total. The molecule has 0 heterocycles. The predicted molar refractivity (Wildman–Crippen MR) is 115 cm³/mol. The molecule has 0 atom stereocenters. The first kappa shape index (κ1) is 18.3. The van der Waals surface area contributed by atoms with Gasteiger partial charge in [-0.25, -0.2) is 0 Å². The van der Waals surface area contributed by atoms with Gasteiger partial charge in [0.25, 0.3) is 0 Å². The molecule has 130 valence electrons. The molecular formula is C24H23NS. The molecular weight excluding hydrogens is 334 g/mol. The summed E-state index contributed by atoms with van der Waals surface area (Å²) in [6.45, 7) is 4.40. The molecule has 0 saturated carbocycles. The SMILES string of the molecule is CCCCc1ccc(-c2ccc(-c3ccc(N=C=S)cc3)c(C)c2)cc1. The van der Waals surface area contributed by atoms with E-state index in [9.17, 15) is 0 Å². The van der Waals surface area contributed by atoms with Crippen LogP contribution in [0.5, 0.6) is 0 Å². The van der Waals surface area contributed by atoms with Gasteiger partial charge in [0.2, 0.25) is 0 Å². The van der Waals surface area contributed by atoms with E-state index in [0.717, 1.165) is 12.1 Å². The smallest absolute Gasteiger partial charge is 0.0739 e. The molecule has 0 aliphatic carbocycles. The second kappa shape index (κ2) is 8.71. The standard InChI is InChI=1S/C24H23NS/c1-3-4-5-19-6-8-20(9-7-19)22-12-15-24(18(2)16-22)21-10-13-23(14-11-21)25-17-26/h6-16H,3-5H2,1-2H3. The first-order valence-corrected chi connectivity index (χ1v) is 9.50. The fourth-order valence-corrected chi connectivity index (χ4v) is 3.29. The van der Waals surface area contributed by atoms with Crippen molar-refractivity contribution in [3.8, 4) is 22.3 Å². The Bertz CT molecular complexity index is 917. The minimum Gasteiger partial charge on any atom is -0.195 e. The van der Waals surface area contributed by atoms with E-state index in [1.807, 2.05) is 12.1 Å². The first-order valence-electron chi connectivity index (χ1n) is 9.09. The minimum absolute atomic E-state index is 0.834. The lowest BCUT2D eigenvalue weighted by Gasteiger charge is -2.10. The van der Waals surface area contributed by atoms with Gasteiger partial charge in [-0.3, -0.25) is 0 Å². The van der Waals surface area contributed by atoms with Crippen molar-refractivity contribution in [3.63, 3.8) is 0 Å². The number of nitrogens with zero attached hydrogens (tertiary/aromatic N) is 1. The van der Waals surface area contributed by atoms with Crippen molar-refractivity contribution >= 4 is 23.1 Å². The molecule has 26 heavy (non-hydrogen) atoms. The van der Waals surface area contributed by atoms with Gasteiger partial charge in [0.15, 0.2) is 0 Å². The van der Waals surface area contributed by atoms with Gasteiger partial charge in [0, 0.05) is 0 Å². The van der Waals surface area contributed by atoms with Gasteiger partial charge < -0.3 is 0 Å². The maximum atomic E-state index is 4.65. The van der Waals surface area contributed by atoms with Gasteiger partial charge in [-0.15, -0.1) is 0 Å². The largest absolute Gasteiger partial charge is 0.195 e. The van der Waals surface area contributed by atoms with Crippen LogP contribution in [-0.4, -0.2) is 5.16 Å². The van der Waals surface area contributed by atoms with Crippen LogP contribution in [0.4, 0.5) is 5.69 Å². The number of aliphatic imine (C=N–C) groups is 1. The topological polar surface area (TPSA) is 12.4 Å². The van der Waals surface area contributed by atoms with E-state index in [1.165, 1.54) is 46.2 Å². The lowest BCUT2D eigenvalue weighted by atomic mass is 9.95. The van der Waals surface area contributed by atoms with Gasteiger partial charge >= 0.3 is 0 Å². The van der Waals surface area contributed by atoms with Crippen LogP contribution in [0.3, 0.4) is 0 Å². The summed E-state index contributed by atoms with van der Waals surface area (Å²) >= 11 is 4.65. The molecule has 0 fully saturated rings. The Balaban J connectivity index is 1.84. The maximum absolute atomic E-state index is 4.65. The third-order valence-corrected chi connectivity index (χ3v) is 4.78. The number of unbranched alkanes of at least 4 members (excludes halogenated alkanes) is 1. The van der Waals surface area contributed by atoms with E-state index in [-0.39, 0.29) is 0 Å². The number of thiocarbonyl (C=S) groups is 1. The Morgan fingerprint density at radius 3 is 2.12 bits per heavy atom. The Morgan fingerprint density at radius 2 is 1.50 bits per heavy atom. The van der Waals surface area contributed by atoms with Gasteiger partial charge in [0.1, 0.15) is 0 Å². The first-order chi connectivity index (χ1) is 12.7. The Labute approximate surface area is 161 Å². The zero-order valence-corrected chi connectivity index (χ0v) is 16.1. The number of rotatable bonds is 6.